The van der Waals surface area contributed by atoms with Crippen molar-refractivity contribution in [3.63, 3.8) is 0 Å². The summed E-state index contributed by atoms with van der Waals surface area (Å²) in [7, 11) is 0. The zero-order chi connectivity index (χ0) is 14.2. The molecule has 0 aromatic heterocycles. The van der Waals surface area contributed by atoms with Gasteiger partial charge in [0.25, 0.3) is 0 Å². The van der Waals surface area contributed by atoms with Crippen LogP contribution < -0.4 is 5.32 Å². The monoisotopic (exact) mass is 275 g/mol. The number of hydrogen-bond acceptors (Lipinski definition) is 2. The van der Waals surface area contributed by atoms with E-state index in [1.165, 1.54) is 37.7 Å². The first-order valence-electron chi connectivity index (χ1n) is 8.24. The second-order valence-electron chi connectivity index (χ2n) is 5.91. The second kappa shape index (κ2) is 8.43. The molecule has 1 fully saturated rings. The highest BCUT2D eigenvalue weighted by Gasteiger charge is 2.24. The van der Waals surface area contributed by atoms with E-state index in [1.807, 2.05) is 0 Å². The highest BCUT2D eigenvalue weighted by molar-refractivity contribution is 5.18. The van der Waals surface area contributed by atoms with Crippen LogP contribution in [0, 0.1) is 5.92 Å². The molecule has 2 nitrogen and oxygen atoms in total. The Morgan fingerprint density at radius 3 is 2.70 bits per heavy atom. The maximum Gasteiger partial charge on any atom is 0.0952 e. The van der Waals surface area contributed by atoms with Gasteiger partial charge in [-0.25, -0.2) is 0 Å². The molecule has 20 heavy (non-hydrogen) atoms. The Hall–Kier alpha value is -0.860. The van der Waals surface area contributed by atoms with Gasteiger partial charge in [-0.2, -0.15) is 0 Å². The molecular formula is C18H29NO. The van der Waals surface area contributed by atoms with Crippen molar-refractivity contribution in [1.29, 1.82) is 0 Å². The molecule has 1 aliphatic carbocycles. The van der Waals surface area contributed by atoms with Crippen molar-refractivity contribution in [2.24, 2.45) is 5.92 Å². The molecule has 112 valence electrons. The molecule has 0 heterocycles. The molecule has 0 radical (unpaired) electrons. The van der Waals surface area contributed by atoms with Crippen LogP contribution in [0.3, 0.4) is 0 Å². The third-order valence-corrected chi connectivity index (χ3v) is 4.42. The molecule has 2 heteroatoms. The summed E-state index contributed by atoms with van der Waals surface area (Å²) in [5, 5.41) is 3.44. The minimum absolute atomic E-state index is 0.191. The summed E-state index contributed by atoms with van der Waals surface area (Å²) in [5.41, 5.74) is 1.30. The number of rotatable bonds is 7. The van der Waals surface area contributed by atoms with E-state index in [0.717, 1.165) is 19.0 Å². The molecule has 0 spiro atoms. The Kier molecular flexibility index (Phi) is 6.55. The van der Waals surface area contributed by atoms with Crippen molar-refractivity contribution in [3.05, 3.63) is 35.9 Å². The van der Waals surface area contributed by atoms with Gasteiger partial charge in [-0.1, -0.05) is 63.4 Å². The van der Waals surface area contributed by atoms with Crippen molar-refractivity contribution in [3.8, 4) is 0 Å². The van der Waals surface area contributed by atoms with Gasteiger partial charge in [-0.05, 0) is 30.9 Å². The third-order valence-electron chi connectivity index (χ3n) is 4.42. The van der Waals surface area contributed by atoms with E-state index >= 15 is 0 Å². The predicted octanol–water partition coefficient (Wildman–Crippen LogP) is 4.32. The molecular weight excluding hydrogens is 246 g/mol. The molecule has 1 N–H and O–H groups in total. The van der Waals surface area contributed by atoms with Crippen molar-refractivity contribution >= 4 is 0 Å². The summed E-state index contributed by atoms with van der Waals surface area (Å²) in [6.07, 6.45) is 7.11. The van der Waals surface area contributed by atoms with Crippen molar-refractivity contribution in [1.82, 2.24) is 5.32 Å². The third kappa shape index (κ3) is 4.60. The molecule has 0 aliphatic heterocycles. The summed E-state index contributed by atoms with van der Waals surface area (Å²) in [4.78, 5) is 0. The van der Waals surface area contributed by atoms with Gasteiger partial charge in [0.05, 0.1) is 12.2 Å². The van der Waals surface area contributed by atoms with Gasteiger partial charge in [0, 0.05) is 6.54 Å². The molecule has 1 aliphatic rings. The van der Waals surface area contributed by atoms with Crippen LogP contribution in [0.1, 0.15) is 57.6 Å². The van der Waals surface area contributed by atoms with Crippen LogP contribution in [-0.4, -0.2) is 19.2 Å². The molecule has 2 rings (SSSR count). The first-order valence-corrected chi connectivity index (χ1v) is 8.24. The van der Waals surface area contributed by atoms with E-state index in [9.17, 15) is 0 Å². The maximum absolute atomic E-state index is 6.45. The number of likely N-dealkylation sites (N-methyl/N-ethyl adjacent to an activating group) is 1. The minimum Gasteiger partial charge on any atom is -0.369 e. The summed E-state index contributed by atoms with van der Waals surface area (Å²) in [6.45, 7) is 6.36. The fourth-order valence-electron chi connectivity index (χ4n) is 3.16. The smallest absolute Gasteiger partial charge is 0.0952 e. The van der Waals surface area contributed by atoms with Gasteiger partial charge in [0.1, 0.15) is 0 Å². The predicted molar refractivity (Wildman–Crippen MR) is 84.8 cm³/mol. The van der Waals surface area contributed by atoms with Gasteiger partial charge < -0.3 is 10.1 Å². The van der Waals surface area contributed by atoms with Gasteiger partial charge in [0.2, 0.25) is 0 Å². The van der Waals surface area contributed by atoms with Crippen LogP contribution in [0.2, 0.25) is 0 Å². The molecule has 1 aromatic carbocycles. The quantitative estimate of drug-likeness (QED) is 0.800. The number of benzene rings is 1. The topological polar surface area (TPSA) is 21.3 Å². The zero-order valence-electron chi connectivity index (χ0n) is 13.0. The summed E-state index contributed by atoms with van der Waals surface area (Å²) in [6, 6.07) is 10.6. The fourth-order valence-corrected chi connectivity index (χ4v) is 3.16. The number of ether oxygens (including phenoxy) is 1. The highest BCUT2D eigenvalue weighted by atomic mass is 16.5. The molecule has 0 saturated heterocycles. The molecule has 0 bridgehead atoms. The van der Waals surface area contributed by atoms with Crippen LogP contribution in [0.5, 0.6) is 0 Å². The van der Waals surface area contributed by atoms with Crippen molar-refractivity contribution in [2.45, 2.75) is 58.2 Å². The largest absolute Gasteiger partial charge is 0.369 e. The Labute approximate surface area is 123 Å². The van der Waals surface area contributed by atoms with Crippen LogP contribution >= 0.6 is 0 Å². The normalized spacial score (nSPS) is 24.5. The lowest BCUT2D eigenvalue weighted by atomic mass is 9.85. The Morgan fingerprint density at radius 1 is 1.20 bits per heavy atom. The van der Waals surface area contributed by atoms with Crippen LogP contribution in [0.15, 0.2) is 30.3 Å². The maximum atomic E-state index is 6.45. The Morgan fingerprint density at radius 2 is 2.00 bits per heavy atom. The van der Waals surface area contributed by atoms with Crippen molar-refractivity contribution < 1.29 is 4.74 Å². The van der Waals surface area contributed by atoms with Gasteiger partial charge in [0.15, 0.2) is 0 Å². The van der Waals surface area contributed by atoms with E-state index in [4.69, 9.17) is 4.74 Å². The summed E-state index contributed by atoms with van der Waals surface area (Å²) < 4.78 is 6.45. The minimum atomic E-state index is 0.191. The lowest BCUT2D eigenvalue weighted by molar-refractivity contribution is -0.0413. The lowest BCUT2D eigenvalue weighted by Crippen LogP contribution is -2.29. The van der Waals surface area contributed by atoms with E-state index in [2.05, 4.69) is 49.5 Å². The summed E-state index contributed by atoms with van der Waals surface area (Å²) in [5.74, 6) is 0.865. The Bertz CT molecular complexity index is 365. The van der Waals surface area contributed by atoms with Crippen LogP contribution in [-0.2, 0) is 4.74 Å². The fraction of sp³-hybridized carbons (Fsp3) is 0.667. The zero-order valence-corrected chi connectivity index (χ0v) is 13.0. The molecule has 3 unspecified atom stereocenters. The first-order chi connectivity index (χ1) is 9.83. The summed E-state index contributed by atoms with van der Waals surface area (Å²) >= 11 is 0. The van der Waals surface area contributed by atoms with E-state index in [0.29, 0.717) is 6.10 Å². The standard InChI is InChI=1S/C18H29NO/c1-3-15-9-8-12-17(13-15)20-18(14-19-4-2)16-10-6-5-7-11-16/h5-7,10-11,15,17-19H,3-4,8-9,12-14H2,1-2H3. The molecule has 3 atom stereocenters. The molecule has 1 aromatic rings. The number of hydrogen-bond donors (Lipinski definition) is 1. The van der Waals surface area contributed by atoms with Crippen molar-refractivity contribution in [2.75, 3.05) is 13.1 Å². The number of nitrogens with one attached hydrogen (secondary N) is 1. The SMILES string of the molecule is CCNCC(OC1CCCC(CC)C1)c1ccccc1. The first kappa shape index (κ1) is 15.5. The highest BCUT2D eigenvalue weighted by Crippen LogP contribution is 2.31. The average Bonchev–Trinajstić information content (AvgIpc) is 2.52. The van der Waals surface area contributed by atoms with E-state index in [-0.39, 0.29) is 6.10 Å². The van der Waals surface area contributed by atoms with Gasteiger partial charge >= 0.3 is 0 Å². The lowest BCUT2D eigenvalue weighted by Gasteiger charge is -2.32. The average molecular weight is 275 g/mol. The van der Waals surface area contributed by atoms with Crippen LogP contribution in [0.25, 0.3) is 0 Å². The van der Waals surface area contributed by atoms with E-state index in [1.54, 1.807) is 0 Å². The van der Waals surface area contributed by atoms with Gasteiger partial charge in [-0.15, -0.1) is 0 Å². The van der Waals surface area contributed by atoms with E-state index < -0.39 is 0 Å². The van der Waals surface area contributed by atoms with Crippen LogP contribution in [0.4, 0.5) is 0 Å². The molecule has 0 amide bonds. The second-order valence-corrected chi connectivity index (χ2v) is 5.91. The Balaban J connectivity index is 1.96. The van der Waals surface area contributed by atoms with Gasteiger partial charge in [-0.3, -0.25) is 0 Å². The molecule has 1 saturated carbocycles.